The van der Waals surface area contributed by atoms with Gasteiger partial charge in [-0.3, -0.25) is 4.68 Å². The van der Waals surface area contributed by atoms with E-state index >= 15 is 0 Å². The van der Waals surface area contributed by atoms with Gasteiger partial charge in [0.15, 0.2) is 0 Å². The zero-order valence-corrected chi connectivity index (χ0v) is 11.2. The average molecular weight is 251 g/mol. The number of aryl methyl sites for hydroxylation is 2. The quantitative estimate of drug-likeness (QED) is 0.875. The lowest BCUT2D eigenvalue weighted by Crippen LogP contribution is -2.21. The van der Waals surface area contributed by atoms with Crippen molar-refractivity contribution < 1.29 is 0 Å². The van der Waals surface area contributed by atoms with Crippen LogP contribution in [0.15, 0.2) is 12.4 Å². The van der Waals surface area contributed by atoms with Crippen molar-refractivity contribution in [3.63, 3.8) is 0 Å². The van der Waals surface area contributed by atoms with Crippen molar-refractivity contribution in [2.45, 2.75) is 26.3 Å². The van der Waals surface area contributed by atoms with Gasteiger partial charge in [0.2, 0.25) is 0 Å². The Balaban J connectivity index is 2.35. The fourth-order valence-corrected chi connectivity index (χ4v) is 2.68. The molecule has 1 atom stereocenters. The van der Waals surface area contributed by atoms with Crippen LogP contribution in [0.25, 0.3) is 0 Å². The Hall–Kier alpha value is -1.27. The van der Waals surface area contributed by atoms with E-state index in [-0.39, 0.29) is 6.04 Å². The predicted octanol–water partition coefficient (Wildman–Crippen LogP) is 1.53. The molecule has 6 heteroatoms. The number of nitrogens with one attached hydrogen (secondary N) is 1. The van der Waals surface area contributed by atoms with Crippen LogP contribution in [0, 0.1) is 0 Å². The fraction of sp³-hybridized carbons (Fsp3) is 0.545. The smallest absolute Gasteiger partial charge is 0.0804 e. The largest absolute Gasteiger partial charge is 0.306 e. The molecule has 0 bridgehead atoms. The Bertz CT molecular complexity index is 476. The maximum atomic E-state index is 4.23. The van der Waals surface area contributed by atoms with Crippen molar-refractivity contribution in [3.05, 3.63) is 28.5 Å². The van der Waals surface area contributed by atoms with Gasteiger partial charge in [-0.05, 0) is 24.5 Å². The van der Waals surface area contributed by atoms with E-state index in [0.29, 0.717) is 0 Å². The van der Waals surface area contributed by atoms with Gasteiger partial charge in [0.1, 0.15) is 0 Å². The van der Waals surface area contributed by atoms with Gasteiger partial charge in [0, 0.05) is 18.8 Å². The molecule has 2 rings (SSSR count). The van der Waals surface area contributed by atoms with Gasteiger partial charge in [-0.2, -0.15) is 5.10 Å². The standard InChI is InChI=1S/C11H17N5S/c1-4-9-11(17-15-14-9)10(12-5-2)8-6-13-16(3)7-8/h6-7,10,12H,4-5H2,1-3H3. The molecule has 0 aliphatic rings. The van der Waals surface area contributed by atoms with E-state index in [1.165, 1.54) is 16.4 Å². The summed E-state index contributed by atoms with van der Waals surface area (Å²) in [6.07, 6.45) is 4.84. The van der Waals surface area contributed by atoms with Gasteiger partial charge in [-0.15, -0.1) is 5.10 Å². The molecule has 0 saturated carbocycles. The number of nitrogens with zero attached hydrogens (tertiary/aromatic N) is 4. The summed E-state index contributed by atoms with van der Waals surface area (Å²) < 4.78 is 5.87. The number of rotatable bonds is 5. The molecule has 2 heterocycles. The van der Waals surface area contributed by atoms with Crippen molar-refractivity contribution >= 4 is 11.5 Å². The molecular formula is C11H17N5S. The first-order chi connectivity index (χ1) is 8.26. The highest BCUT2D eigenvalue weighted by Crippen LogP contribution is 2.26. The zero-order valence-electron chi connectivity index (χ0n) is 10.3. The molecule has 92 valence electrons. The minimum absolute atomic E-state index is 0.156. The lowest BCUT2D eigenvalue weighted by atomic mass is 10.1. The summed E-state index contributed by atoms with van der Waals surface area (Å²) in [6.45, 7) is 5.11. The van der Waals surface area contributed by atoms with Crippen LogP contribution >= 0.6 is 11.5 Å². The molecule has 0 aromatic carbocycles. The number of aromatic nitrogens is 4. The summed E-state index contributed by atoms with van der Waals surface area (Å²) in [5.41, 5.74) is 2.24. The van der Waals surface area contributed by atoms with Gasteiger partial charge < -0.3 is 5.32 Å². The fourth-order valence-electron chi connectivity index (χ4n) is 1.84. The Labute approximate surface area is 105 Å². The van der Waals surface area contributed by atoms with E-state index in [1.807, 2.05) is 24.1 Å². The first-order valence-electron chi connectivity index (χ1n) is 5.79. The van der Waals surface area contributed by atoms with Crippen LogP contribution in [0.1, 0.15) is 36.0 Å². The van der Waals surface area contributed by atoms with Gasteiger partial charge in [0.25, 0.3) is 0 Å². The lowest BCUT2D eigenvalue weighted by molar-refractivity contribution is 0.632. The third-order valence-corrected chi connectivity index (χ3v) is 3.48. The Kier molecular flexibility index (Phi) is 3.86. The SMILES string of the molecule is CCNC(c1cnn(C)c1)c1snnc1CC. The van der Waals surface area contributed by atoms with E-state index < -0.39 is 0 Å². The van der Waals surface area contributed by atoms with Crippen LogP contribution in [0.5, 0.6) is 0 Å². The maximum Gasteiger partial charge on any atom is 0.0804 e. The van der Waals surface area contributed by atoms with Gasteiger partial charge in [0.05, 0.1) is 22.8 Å². The van der Waals surface area contributed by atoms with Gasteiger partial charge >= 0.3 is 0 Å². The highest BCUT2D eigenvalue weighted by Gasteiger charge is 2.20. The molecule has 17 heavy (non-hydrogen) atoms. The molecule has 0 saturated heterocycles. The van der Waals surface area contributed by atoms with Crippen LogP contribution in [0.2, 0.25) is 0 Å². The van der Waals surface area contributed by atoms with E-state index in [0.717, 1.165) is 24.2 Å². The molecule has 0 radical (unpaired) electrons. The summed E-state index contributed by atoms with van der Waals surface area (Å²) in [6, 6.07) is 0.156. The van der Waals surface area contributed by atoms with E-state index in [2.05, 4.69) is 33.8 Å². The topological polar surface area (TPSA) is 55.6 Å². The highest BCUT2D eigenvalue weighted by atomic mass is 32.1. The molecule has 0 spiro atoms. The van der Waals surface area contributed by atoms with Crippen molar-refractivity contribution in [2.75, 3.05) is 6.54 Å². The van der Waals surface area contributed by atoms with E-state index in [1.54, 1.807) is 0 Å². The molecule has 2 aromatic heterocycles. The second-order valence-electron chi connectivity index (χ2n) is 3.88. The molecule has 2 aromatic rings. The average Bonchev–Trinajstić information content (AvgIpc) is 2.94. The Morgan fingerprint density at radius 1 is 1.47 bits per heavy atom. The second kappa shape index (κ2) is 5.37. The van der Waals surface area contributed by atoms with Crippen LogP contribution in [0.3, 0.4) is 0 Å². The second-order valence-corrected chi connectivity index (χ2v) is 4.66. The normalized spacial score (nSPS) is 12.9. The first kappa shape index (κ1) is 12.2. The van der Waals surface area contributed by atoms with Crippen molar-refractivity contribution in [1.29, 1.82) is 0 Å². The molecule has 1 N–H and O–H groups in total. The third kappa shape index (κ3) is 2.53. The summed E-state index contributed by atoms with van der Waals surface area (Å²) in [5, 5.41) is 11.9. The zero-order chi connectivity index (χ0) is 12.3. The first-order valence-corrected chi connectivity index (χ1v) is 6.56. The van der Waals surface area contributed by atoms with Crippen molar-refractivity contribution in [2.24, 2.45) is 7.05 Å². The Morgan fingerprint density at radius 3 is 2.88 bits per heavy atom. The molecule has 1 unspecified atom stereocenters. The van der Waals surface area contributed by atoms with Gasteiger partial charge in [-0.1, -0.05) is 18.3 Å². The molecule has 0 amide bonds. The number of hydrogen-bond donors (Lipinski definition) is 1. The molecular weight excluding hydrogens is 234 g/mol. The summed E-state index contributed by atoms with van der Waals surface area (Å²) in [7, 11) is 1.93. The Morgan fingerprint density at radius 2 is 2.29 bits per heavy atom. The van der Waals surface area contributed by atoms with Crippen LogP contribution in [-0.2, 0) is 13.5 Å². The minimum Gasteiger partial charge on any atom is -0.306 e. The van der Waals surface area contributed by atoms with Gasteiger partial charge in [-0.25, -0.2) is 0 Å². The molecule has 0 aliphatic heterocycles. The lowest BCUT2D eigenvalue weighted by Gasteiger charge is -2.14. The van der Waals surface area contributed by atoms with E-state index in [4.69, 9.17) is 0 Å². The molecule has 0 fully saturated rings. The molecule has 0 aliphatic carbocycles. The predicted molar refractivity (Wildman–Crippen MR) is 68.0 cm³/mol. The number of hydrogen-bond acceptors (Lipinski definition) is 5. The highest BCUT2D eigenvalue weighted by molar-refractivity contribution is 7.05. The maximum absolute atomic E-state index is 4.23. The summed E-state index contributed by atoms with van der Waals surface area (Å²) >= 11 is 1.47. The van der Waals surface area contributed by atoms with E-state index in [9.17, 15) is 0 Å². The molecule has 5 nitrogen and oxygen atoms in total. The monoisotopic (exact) mass is 251 g/mol. The van der Waals surface area contributed by atoms with Crippen LogP contribution in [0.4, 0.5) is 0 Å². The third-order valence-electron chi connectivity index (χ3n) is 2.65. The summed E-state index contributed by atoms with van der Waals surface area (Å²) in [5.74, 6) is 0. The van der Waals surface area contributed by atoms with Crippen molar-refractivity contribution in [1.82, 2.24) is 24.7 Å². The van der Waals surface area contributed by atoms with Crippen LogP contribution < -0.4 is 5.32 Å². The van der Waals surface area contributed by atoms with Crippen LogP contribution in [-0.4, -0.2) is 25.9 Å². The minimum atomic E-state index is 0.156. The van der Waals surface area contributed by atoms with Crippen molar-refractivity contribution in [3.8, 4) is 0 Å². The summed E-state index contributed by atoms with van der Waals surface area (Å²) in [4.78, 5) is 1.20.